The molecule has 0 amide bonds. The molecule has 7 heteroatoms. The zero-order chi connectivity index (χ0) is 21.6. The van der Waals surface area contributed by atoms with Crippen molar-refractivity contribution in [2.45, 2.75) is 79.6 Å². The summed E-state index contributed by atoms with van der Waals surface area (Å²) in [7, 11) is 1.66. The van der Waals surface area contributed by atoms with Gasteiger partial charge in [0.2, 0.25) is 0 Å². The minimum absolute atomic E-state index is 0.297. The van der Waals surface area contributed by atoms with Gasteiger partial charge in [-0.15, -0.1) is 0 Å². The van der Waals surface area contributed by atoms with Gasteiger partial charge >= 0.3 is 0 Å². The van der Waals surface area contributed by atoms with Gasteiger partial charge in [-0.25, -0.2) is 0 Å². The van der Waals surface area contributed by atoms with Crippen LogP contribution in [0, 0.1) is 0 Å². The van der Waals surface area contributed by atoms with E-state index >= 15 is 0 Å². The molecule has 0 saturated heterocycles. The third-order valence-corrected chi connectivity index (χ3v) is 5.01. The maximum atomic E-state index is 5.66. The summed E-state index contributed by atoms with van der Waals surface area (Å²) in [6.45, 7) is 17.1. The monoisotopic (exact) mass is 424 g/mol. The van der Waals surface area contributed by atoms with Gasteiger partial charge in [0.25, 0.3) is 0 Å². The molecule has 0 unspecified atom stereocenters. The number of benzene rings is 1. The van der Waals surface area contributed by atoms with Crippen LogP contribution >= 0.6 is 24.4 Å². The zero-order valence-electron chi connectivity index (χ0n) is 18.7. The van der Waals surface area contributed by atoms with Crippen LogP contribution in [0.5, 0.6) is 5.75 Å². The predicted molar refractivity (Wildman–Crippen MR) is 130 cm³/mol. The standard InChI is InChI=1S/C21H36N4OS2/c1-13(2)24(14(3)4)20(27)22-17-10-11-19(26-9)18(12-17)23-21(28)25(15(5)6)16(7)8/h10-16H,1-9H3,(H,22,27)(H,23,28). The van der Waals surface area contributed by atoms with Gasteiger partial charge in [-0.2, -0.15) is 0 Å². The molecule has 0 radical (unpaired) electrons. The number of ether oxygens (including phenoxy) is 1. The smallest absolute Gasteiger partial charge is 0.173 e. The summed E-state index contributed by atoms with van der Waals surface area (Å²) in [6.07, 6.45) is 0. The van der Waals surface area contributed by atoms with E-state index in [1.165, 1.54) is 0 Å². The van der Waals surface area contributed by atoms with Gasteiger partial charge in [0, 0.05) is 29.9 Å². The number of methoxy groups -OCH3 is 1. The molecule has 0 saturated carbocycles. The molecule has 1 rings (SSSR count). The van der Waals surface area contributed by atoms with Crippen molar-refractivity contribution in [3.63, 3.8) is 0 Å². The zero-order valence-corrected chi connectivity index (χ0v) is 20.3. The number of thiocarbonyl (C=S) groups is 2. The molecule has 0 aromatic heterocycles. The van der Waals surface area contributed by atoms with E-state index in [1.54, 1.807) is 7.11 Å². The van der Waals surface area contributed by atoms with E-state index in [0.29, 0.717) is 34.4 Å². The van der Waals surface area contributed by atoms with Crippen LogP contribution in [-0.4, -0.2) is 51.3 Å². The summed E-state index contributed by atoms with van der Waals surface area (Å²) in [6, 6.07) is 7.08. The molecular weight excluding hydrogens is 388 g/mol. The van der Waals surface area contributed by atoms with Crippen molar-refractivity contribution in [2.24, 2.45) is 0 Å². The molecule has 0 aliphatic heterocycles. The highest BCUT2D eigenvalue weighted by atomic mass is 32.1. The molecule has 1 aromatic carbocycles. The number of nitrogens with zero attached hydrogens (tertiary/aromatic N) is 2. The molecule has 0 heterocycles. The number of hydrogen-bond acceptors (Lipinski definition) is 3. The lowest BCUT2D eigenvalue weighted by Gasteiger charge is -2.34. The second-order valence-electron chi connectivity index (χ2n) is 7.96. The topological polar surface area (TPSA) is 39.8 Å². The molecule has 0 fully saturated rings. The summed E-state index contributed by atoms with van der Waals surface area (Å²) in [5.74, 6) is 0.732. The van der Waals surface area contributed by atoms with E-state index in [-0.39, 0.29) is 0 Å². The van der Waals surface area contributed by atoms with E-state index in [2.05, 4.69) is 75.8 Å². The van der Waals surface area contributed by atoms with Crippen molar-refractivity contribution in [3.8, 4) is 5.75 Å². The lowest BCUT2D eigenvalue weighted by atomic mass is 10.2. The molecule has 0 atom stereocenters. The fourth-order valence-corrected chi connectivity index (χ4v) is 4.45. The lowest BCUT2D eigenvalue weighted by Crippen LogP contribution is -2.44. The van der Waals surface area contributed by atoms with E-state index in [4.69, 9.17) is 29.2 Å². The Morgan fingerprint density at radius 3 is 1.61 bits per heavy atom. The maximum absolute atomic E-state index is 5.66. The highest BCUT2D eigenvalue weighted by molar-refractivity contribution is 7.80. The Balaban J connectivity index is 3.09. The minimum Gasteiger partial charge on any atom is -0.495 e. The molecular formula is C21H36N4OS2. The molecule has 0 spiro atoms. The van der Waals surface area contributed by atoms with E-state index in [0.717, 1.165) is 17.1 Å². The van der Waals surface area contributed by atoms with Crippen LogP contribution in [0.4, 0.5) is 11.4 Å². The van der Waals surface area contributed by atoms with Crippen molar-refractivity contribution in [1.29, 1.82) is 0 Å². The first kappa shape index (κ1) is 24.4. The van der Waals surface area contributed by atoms with Gasteiger partial charge in [-0.3, -0.25) is 0 Å². The average molecular weight is 425 g/mol. The van der Waals surface area contributed by atoms with Gasteiger partial charge in [0.1, 0.15) is 5.75 Å². The number of hydrogen-bond donors (Lipinski definition) is 2. The molecule has 2 N–H and O–H groups in total. The van der Waals surface area contributed by atoms with Crippen molar-refractivity contribution >= 4 is 46.0 Å². The molecule has 0 aliphatic carbocycles. The van der Waals surface area contributed by atoms with Crippen molar-refractivity contribution < 1.29 is 4.74 Å². The highest BCUT2D eigenvalue weighted by Gasteiger charge is 2.20. The van der Waals surface area contributed by atoms with Crippen LogP contribution in [0.15, 0.2) is 18.2 Å². The first-order valence-electron chi connectivity index (χ1n) is 9.86. The first-order chi connectivity index (χ1) is 13.0. The Labute approximate surface area is 181 Å². The Kier molecular flexibility index (Phi) is 9.44. The maximum Gasteiger partial charge on any atom is 0.173 e. The van der Waals surface area contributed by atoms with Gasteiger partial charge in [-0.1, -0.05) is 0 Å². The Morgan fingerprint density at radius 2 is 1.21 bits per heavy atom. The quantitative estimate of drug-likeness (QED) is 0.574. The minimum atomic E-state index is 0.297. The summed E-state index contributed by atoms with van der Waals surface area (Å²) in [4.78, 5) is 4.34. The Bertz CT molecular complexity index is 658. The summed E-state index contributed by atoms with van der Waals surface area (Å²) in [5.41, 5.74) is 1.70. The SMILES string of the molecule is COc1ccc(NC(=S)N(C(C)C)C(C)C)cc1NC(=S)N(C(C)C)C(C)C. The Hall–Kier alpha value is -1.60. The van der Waals surface area contributed by atoms with Crippen LogP contribution in [0.25, 0.3) is 0 Å². The second-order valence-corrected chi connectivity index (χ2v) is 8.74. The van der Waals surface area contributed by atoms with Gasteiger partial charge in [0.05, 0.1) is 12.8 Å². The van der Waals surface area contributed by atoms with Crippen LogP contribution < -0.4 is 15.4 Å². The van der Waals surface area contributed by atoms with Gasteiger partial charge < -0.3 is 25.2 Å². The average Bonchev–Trinajstić information content (AvgIpc) is 2.53. The normalized spacial score (nSPS) is 11.2. The van der Waals surface area contributed by atoms with Crippen LogP contribution in [-0.2, 0) is 0 Å². The molecule has 28 heavy (non-hydrogen) atoms. The largest absolute Gasteiger partial charge is 0.495 e. The lowest BCUT2D eigenvalue weighted by molar-refractivity contribution is 0.296. The van der Waals surface area contributed by atoms with Gasteiger partial charge in [-0.05, 0) is 98.0 Å². The molecule has 158 valence electrons. The molecule has 0 bridgehead atoms. The van der Waals surface area contributed by atoms with Crippen molar-refractivity contribution in [1.82, 2.24) is 9.80 Å². The fourth-order valence-electron chi connectivity index (χ4n) is 3.38. The van der Waals surface area contributed by atoms with E-state index in [9.17, 15) is 0 Å². The molecule has 0 aliphatic rings. The van der Waals surface area contributed by atoms with Gasteiger partial charge in [0.15, 0.2) is 10.2 Å². The summed E-state index contributed by atoms with van der Waals surface area (Å²) in [5, 5.41) is 8.08. The molecule has 5 nitrogen and oxygen atoms in total. The number of nitrogens with one attached hydrogen (secondary N) is 2. The van der Waals surface area contributed by atoms with E-state index in [1.807, 2.05) is 18.2 Å². The van der Waals surface area contributed by atoms with Crippen molar-refractivity contribution in [2.75, 3.05) is 17.7 Å². The van der Waals surface area contributed by atoms with Crippen LogP contribution in [0.2, 0.25) is 0 Å². The Morgan fingerprint density at radius 1 is 0.786 bits per heavy atom. The molecule has 1 aromatic rings. The highest BCUT2D eigenvalue weighted by Crippen LogP contribution is 2.29. The third-order valence-electron chi connectivity index (χ3n) is 4.39. The van der Waals surface area contributed by atoms with E-state index < -0.39 is 0 Å². The summed E-state index contributed by atoms with van der Waals surface area (Å²) >= 11 is 11.3. The first-order valence-corrected chi connectivity index (χ1v) is 10.7. The number of anilines is 2. The van der Waals surface area contributed by atoms with Crippen LogP contribution in [0.1, 0.15) is 55.4 Å². The predicted octanol–water partition coefficient (Wildman–Crippen LogP) is 5.33. The van der Waals surface area contributed by atoms with Crippen molar-refractivity contribution in [3.05, 3.63) is 18.2 Å². The third kappa shape index (κ3) is 6.48. The second kappa shape index (κ2) is 10.8. The van der Waals surface area contributed by atoms with Crippen LogP contribution in [0.3, 0.4) is 0 Å². The fraction of sp³-hybridized carbons (Fsp3) is 0.619. The number of rotatable bonds is 7. The summed E-state index contributed by atoms with van der Waals surface area (Å²) < 4.78 is 5.52.